The first-order valence-electron chi connectivity index (χ1n) is 4.88. The van der Waals surface area contributed by atoms with Gasteiger partial charge < -0.3 is 0 Å². The van der Waals surface area contributed by atoms with Crippen molar-refractivity contribution in [2.24, 2.45) is 0 Å². The SMILES string of the molecule is O=S(=O)(Nc1cccc(F)n1)c1ccc(Cl)cc1. The van der Waals surface area contributed by atoms with Gasteiger partial charge in [-0.15, -0.1) is 0 Å². The molecule has 94 valence electrons. The second-order valence-electron chi connectivity index (χ2n) is 3.40. The molecule has 1 heterocycles. The van der Waals surface area contributed by atoms with Crippen molar-refractivity contribution in [2.45, 2.75) is 4.90 Å². The van der Waals surface area contributed by atoms with Gasteiger partial charge in [0.25, 0.3) is 10.0 Å². The number of pyridine rings is 1. The van der Waals surface area contributed by atoms with Gasteiger partial charge in [-0.05, 0) is 36.4 Å². The first-order chi connectivity index (χ1) is 8.47. The van der Waals surface area contributed by atoms with Crippen LogP contribution in [0.3, 0.4) is 0 Å². The van der Waals surface area contributed by atoms with Crippen LogP contribution < -0.4 is 4.72 Å². The first kappa shape index (κ1) is 12.8. The van der Waals surface area contributed by atoms with Gasteiger partial charge >= 0.3 is 0 Å². The van der Waals surface area contributed by atoms with Crippen LogP contribution in [-0.4, -0.2) is 13.4 Å². The number of halogens is 2. The van der Waals surface area contributed by atoms with Crippen molar-refractivity contribution in [2.75, 3.05) is 4.72 Å². The maximum atomic E-state index is 12.8. The van der Waals surface area contributed by atoms with Gasteiger partial charge in [-0.25, -0.2) is 13.4 Å². The smallest absolute Gasteiger partial charge is 0.263 e. The monoisotopic (exact) mass is 286 g/mol. The maximum absolute atomic E-state index is 12.8. The lowest BCUT2D eigenvalue weighted by Crippen LogP contribution is -2.14. The number of sulfonamides is 1. The minimum Gasteiger partial charge on any atom is -0.263 e. The van der Waals surface area contributed by atoms with Gasteiger partial charge in [-0.2, -0.15) is 4.39 Å². The number of hydrogen-bond acceptors (Lipinski definition) is 3. The van der Waals surface area contributed by atoms with E-state index in [1.54, 1.807) is 0 Å². The zero-order valence-corrected chi connectivity index (χ0v) is 10.5. The minimum atomic E-state index is -3.78. The third-order valence-corrected chi connectivity index (χ3v) is 3.70. The molecule has 0 saturated heterocycles. The van der Waals surface area contributed by atoms with Gasteiger partial charge in [0.05, 0.1) is 4.90 Å². The molecule has 0 unspecified atom stereocenters. The Hall–Kier alpha value is -1.66. The zero-order valence-electron chi connectivity index (χ0n) is 8.97. The summed E-state index contributed by atoms with van der Waals surface area (Å²) in [4.78, 5) is 3.44. The topological polar surface area (TPSA) is 59.1 Å². The van der Waals surface area contributed by atoms with Gasteiger partial charge in [0.1, 0.15) is 5.82 Å². The standard InChI is InChI=1S/C11H8ClFN2O2S/c12-8-4-6-9(7-5-8)18(16,17)15-11-3-1-2-10(13)14-11/h1-7H,(H,14,15). The number of benzene rings is 1. The first-order valence-corrected chi connectivity index (χ1v) is 6.74. The Morgan fingerprint density at radius 1 is 1.11 bits per heavy atom. The van der Waals surface area contributed by atoms with Crippen LogP contribution in [-0.2, 0) is 10.0 Å². The molecule has 0 spiro atoms. The highest BCUT2D eigenvalue weighted by molar-refractivity contribution is 7.92. The van der Waals surface area contributed by atoms with Crippen LogP contribution in [0.15, 0.2) is 47.4 Å². The molecule has 1 N–H and O–H groups in total. The number of rotatable bonds is 3. The number of hydrogen-bond donors (Lipinski definition) is 1. The molecule has 1 aromatic carbocycles. The fraction of sp³-hybridized carbons (Fsp3) is 0. The lowest BCUT2D eigenvalue weighted by Gasteiger charge is -2.07. The van der Waals surface area contributed by atoms with Crippen LogP contribution >= 0.6 is 11.6 Å². The van der Waals surface area contributed by atoms with Crippen molar-refractivity contribution < 1.29 is 12.8 Å². The number of aromatic nitrogens is 1. The number of nitrogens with zero attached hydrogens (tertiary/aromatic N) is 1. The fourth-order valence-corrected chi connectivity index (χ4v) is 2.40. The fourth-order valence-electron chi connectivity index (χ4n) is 1.28. The molecule has 0 aliphatic heterocycles. The molecule has 1 aromatic heterocycles. The molecule has 0 saturated carbocycles. The van der Waals surface area contributed by atoms with E-state index < -0.39 is 16.0 Å². The lowest BCUT2D eigenvalue weighted by atomic mass is 10.4. The summed E-state index contributed by atoms with van der Waals surface area (Å²) in [5.74, 6) is -0.837. The molecule has 7 heteroatoms. The van der Waals surface area contributed by atoms with Crippen molar-refractivity contribution in [1.29, 1.82) is 0 Å². The largest absolute Gasteiger partial charge is 0.263 e. The van der Waals surface area contributed by atoms with Gasteiger partial charge in [-0.3, -0.25) is 4.72 Å². The molecule has 4 nitrogen and oxygen atoms in total. The summed E-state index contributed by atoms with van der Waals surface area (Å²) in [5.41, 5.74) is 0. The Morgan fingerprint density at radius 2 is 1.78 bits per heavy atom. The van der Waals surface area contributed by atoms with Crippen LogP contribution in [0.1, 0.15) is 0 Å². The lowest BCUT2D eigenvalue weighted by molar-refractivity contribution is 0.584. The van der Waals surface area contributed by atoms with Gasteiger partial charge in [0.2, 0.25) is 5.95 Å². The Morgan fingerprint density at radius 3 is 2.39 bits per heavy atom. The molecule has 0 atom stereocenters. The van der Waals surface area contributed by atoms with Crippen molar-refractivity contribution in [1.82, 2.24) is 4.98 Å². The summed E-state index contributed by atoms with van der Waals surface area (Å²) in [6, 6.07) is 9.46. The Balaban J connectivity index is 2.30. The van der Waals surface area contributed by atoms with E-state index in [1.165, 1.54) is 36.4 Å². The Bertz CT molecular complexity index is 659. The molecule has 2 rings (SSSR count). The van der Waals surface area contributed by atoms with Crippen LogP contribution in [0, 0.1) is 5.95 Å². The van der Waals surface area contributed by atoms with Crippen LogP contribution in [0.4, 0.5) is 10.2 Å². The summed E-state index contributed by atoms with van der Waals surface area (Å²) in [7, 11) is -3.78. The predicted molar refractivity (Wildman–Crippen MR) is 66.5 cm³/mol. The quantitative estimate of drug-likeness (QED) is 0.883. The van der Waals surface area contributed by atoms with E-state index in [-0.39, 0.29) is 10.7 Å². The molecular weight excluding hydrogens is 279 g/mol. The summed E-state index contributed by atoms with van der Waals surface area (Å²) in [5, 5.41) is 0.429. The molecular formula is C11H8ClFN2O2S. The summed E-state index contributed by atoms with van der Waals surface area (Å²) < 4.78 is 38.8. The maximum Gasteiger partial charge on any atom is 0.263 e. The average Bonchev–Trinajstić information content (AvgIpc) is 2.29. The second kappa shape index (κ2) is 4.91. The molecule has 0 fully saturated rings. The van der Waals surface area contributed by atoms with E-state index in [2.05, 4.69) is 9.71 Å². The van der Waals surface area contributed by atoms with E-state index in [4.69, 9.17) is 11.6 Å². The van der Waals surface area contributed by atoms with E-state index in [9.17, 15) is 12.8 Å². The molecule has 18 heavy (non-hydrogen) atoms. The number of anilines is 1. The van der Waals surface area contributed by atoms with Gasteiger partial charge in [0, 0.05) is 5.02 Å². The molecule has 2 aromatic rings. The van der Waals surface area contributed by atoms with Crippen LogP contribution in [0.25, 0.3) is 0 Å². The van der Waals surface area contributed by atoms with E-state index >= 15 is 0 Å². The van der Waals surface area contributed by atoms with Gasteiger partial charge in [-0.1, -0.05) is 17.7 Å². The summed E-state index contributed by atoms with van der Waals surface area (Å²) in [6.45, 7) is 0. The average molecular weight is 287 g/mol. The highest BCUT2D eigenvalue weighted by Crippen LogP contribution is 2.17. The van der Waals surface area contributed by atoms with E-state index in [0.29, 0.717) is 5.02 Å². The zero-order chi connectivity index (χ0) is 13.2. The molecule has 0 bridgehead atoms. The highest BCUT2D eigenvalue weighted by atomic mass is 35.5. The van der Waals surface area contributed by atoms with Gasteiger partial charge in [0.15, 0.2) is 0 Å². The summed E-state index contributed by atoms with van der Waals surface area (Å²) in [6.07, 6.45) is 0. The molecule has 0 radical (unpaired) electrons. The van der Waals surface area contributed by atoms with Crippen molar-refractivity contribution in [3.63, 3.8) is 0 Å². The molecule has 0 amide bonds. The summed E-state index contributed by atoms with van der Waals surface area (Å²) >= 11 is 5.67. The third-order valence-electron chi connectivity index (χ3n) is 2.08. The molecule has 0 aliphatic carbocycles. The Kier molecular flexibility index (Phi) is 3.49. The van der Waals surface area contributed by atoms with Crippen LogP contribution in [0.2, 0.25) is 5.02 Å². The van der Waals surface area contributed by atoms with Crippen molar-refractivity contribution in [3.8, 4) is 0 Å². The normalized spacial score (nSPS) is 11.2. The van der Waals surface area contributed by atoms with E-state index in [1.807, 2.05) is 0 Å². The van der Waals surface area contributed by atoms with Crippen molar-refractivity contribution in [3.05, 3.63) is 53.4 Å². The van der Waals surface area contributed by atoms with E-state index in [0.717, 1.165) is 6.07 Å². The van der Waals surface area contributed by atoms with Crippen molar-refractivity contribution >= 4 is 27.4 Å². The second-order valence-corrected chi connectivity index (χ2v) is 5.52. The Labute approximate surface area is 108 Å². The number of nitrogens with one attached hydrogen (secondary N) is 1. The highest BCUT2D eigenvalue weighted by Gasteiger charge is 2.14. The third kappa shape index (κ3) is 2.96. The van der Waals surface area contributed by atoms with Crippen LogP contribution in [0.5, 0.6) is 0 Å². The predicted octanol–water partition coefficient (Wildman–Crippen LogP) is 2.67. The molecule has 0 aliphatic rings. The minimum absolute atomic E-state index is 0.0259.